The van der Waals surface area contributed by atoms with Crippen LogP contribution in [-0.4, -0.2) is 18.5 Å². The van der Waals surface area contributed by atoms with Crippen molar-refractivity contribution < 1.29 is 0 Å². The minimum Gasteiger partial charge on any atom is -0.299 e. The summed E-state index contributed by atoms with van der Waals surface area (Å²) < 4.78 is 0. The zero-order valence-electron chi connectivity index (χ0n) is 10.9. The minimum atomic E-state index is 0.652. The molecule has 1 saturated heterocycles. The average Bonchev–Trinajstić information content (AvgIpc) is 2.58. The van der Waals surface area contributed by atoms with Gasteiger partial charge in [0.15, 0.2) is 0 Å². The minimum absolute atomic E-state index is 0.652. The van der Waals surface area contributed by atoms with Crippen molar-refractivity contribution in [3.63, 3.8) is 0 Å². The second-order valence-corrected chi connectivity index (χ2v) is 4.26. The number of hydrogen-bond acceptors (Lipinski definition) is 1. The molecule has 1 fully saturated rings. The lowest BCUT2D eigenvalue weighted by atomic mass is 10.0. The first-order chi connectivity index (χ1) is 7.88. The Kier molecular flexibility index (Phi) is 6.17. The van der Waals surface area contributed by atoms with E-state index in [1.165, 1.54) is 37.8 Å². The highest BCUT2D eigenvalue weighted by molar-refractivity contribution is 5.19. The molecule has 1 nitrogen and oxygen atoms in total. The van der Waals surface area contributed by atoms with Gasteiger partial charge in [0.1, 0.15) is 0 Å². The standard InChI is InChI=1S/C13H19N.C2H6/c1-14-11-7-3-6-10-13(14)12-8-4-2-5-9-12;1-2/h2,4-5,8-9,13H,3,6-7,10-11H2,1H3;1-2H3. The zero-order valence-corrected chi connectivity index (χ0v) is 10.9. The molecule has 1 heteroatoms. The predicted molar refractivity (Wildman–Crippen MR) is 71.6 cm³/mol. The average molecular weight is 219 g/mol. The second-order valence-electron chi connectivity index (χ2n) is 4.26. The van der Waals surface area contributed by atoms with Crippen LogP contribution in [0.1, 0.15) is 51.1 Å². The Morgan fingerprint density at radius 3 is 2.38 bits per heavy atom. The maximum absolute atomic E-state index is 2.50. The summed E-state index contributed by atoms with van der Waals surface area (Å²) in [5.74, 6) is 0. The topological polar surface area (TPSA) is 3.24 Å². The van der Waals surface area contributed by atoms with Crippen LogP contribution in [0.3, 0.4) is 0 Å². The van der Waals surface area contributed by atoms with E-state index in [2.05, 4.69) is 42.3 Å². The van der Waals surface area contributed by atoms with Crippen molar-refractivity contribution in [2.45, 2.75) is 45.6 Å². The van der Waals surface area contributed by atoms with Crippen molar-refractivity contribution in [3.8, 4) is 0 Å². The van der Waals surface area contributed by atoms with E-state index in [1.54, 1.807) is 0 Å². The molecular weight excluding hydrogens is 194 g/mol. The second kappa shape index (κ2) is 7.45. The quantitative estimate of drug-likeness (QED) is 0.682. The summed E-state index contributed by atoms with van der Waals surface area (Å²) in [6.45, 7) is 5.25. The molecule has 1 aliphatic rings. The van der Waals surface area contributed by atoms with Gasteiger partial charge in [-0.05, 0) is 32.0 Å². The molecule has 0 aliphatic carbocycles. The molecule has 1 unspecified atom stereocenters. The first-order valence-corrected chi connectivity index (χ1v) is 6.63. The maximum Gasteiger partial charge on any atom is 0.0345 e. The van der Waals surface area contributed by atoms with Crippen LogP contribution < -0.4 is 0 Å². The van der Waals surface area contributed by atoms with Crippen LogP contribution in [0.2, 0.25) is 0 Å². The molecule has 0 amide bonds. The summed E-state index contributed by atoms with van der Waals surface area (Å²) in [6, 6.07) is 11.6. The van der Waals surface area contributed by atoms with E-state index in [4.69, 9.17) is 0 Å². The summed E-state index contributed by atoms with van der Waals surface area (Å²) in [4.78, 5) is 2.50. The highest BCUT2D eigenvalue weighted by atomic mass is 15.1. The normalized spacial score (nSPS) is 21.8. The van der Waals surface area contributed by atoms with Gasteiger partial charge in [0.05, 0.1) is 0 Å². The highest BCUT2D eigenvalue weighted by Crippen LogP contribution is 2.28. The Balaban J connectivity index is 0.000000606. The van der Waals surface area contributed by atoms with Crippen molar-refractivity contribution >= 4 is 0 Å². The van der Waals surface area contributed by atoms with Crippen LogP contribution >= 0.6 is 0 Å². The number of likely N-dealkylation sites (tertiary alicyclic amines) is 1. The van der Waals surface area contributed by atoms with Crippen molar-refractivity contribution in [1.82, 2.24) is 4.90 Å². The molecule has 90 valence electrons. The third-order valence-corrected chi connectivity index (χ3v) is 3.20. The largest absolute Gasteiger partial charge is 0.299 e. The molecule has 2 rings (SSSR count). The van der Waals surface area contributed by atoms with E-state index < -0.39 is 0 Å². The van der Waals surface area contributed by atoms with E-state index in [0.29, 0.717) is 6.04 Å². The van der Waals surface area contributed by atoms with Crippen LogP contribution in [-0.2, 0) is 0 Å². The van der Waals surface area contributed by atoms with Gasteiger partial charge in [-0.25, -0.2) is 0 Å². The summed E-state index contributed by atoms with van der Waals surface area (Å²) in [5.41, 5.74) is 1.48. The molecule has 16 heavy (non-hydrogen) atoms. The van der Waals surface area contributed by atoms with Crippen LogP contribution in [0, 0.1) is 0 Å². The number of benzene rings is 1. The van der Waals surface area contributed by atoms with Gasteiger partial charge < -0.3 is 0 Å². The monoisotopic (exact) mass is 219 g/mol. The Morgan fingerprint density at radius 1 is 1.00 bits per heavy atom. The fraction of sp³-hybridized carbons (Fsp3) is 0.600. The van der Waals surface area contributed by atoms with E-state index in [-0.39, 0.29) is 0 Å². The van der Waals surface area contributed by atoms with E-state index in [1.807, 2.05) is 13.8 Å². The summed E-state index contributed by atoms with van der Waals surface area (Å²) in [6.07, 6.45) is 5.46. The van der Waals surface area contributed by atoms with Gasteiger partial charge in [0.25, 0.3) is 0 Å². The van der Waals surface area contributed by atoms with Gasteiger partial charge in [-0.1, -0.05) is 57.0 Å². The van der Waals surface area contributed by atoms with Gasteiger partial charge >= 0.3 is 0 Å². The number of rotatable bonds is 1. The molecule has 0 aromatic heterocycles. The van der Waals surface area contributed by atoms with E-state index in [0.717, 1.165) is 0 Å². The summed E-state index contributed by atoms with van der Waals surface area (Å²) >= 11 is 0. The third-order valence-electron chi connectivity index (χ3n) is 3.20. The first-order valence-electron chi connectivity index (χ1n) is 6.63. The lowest BCUT2D eigenvalue weighted by molar-refractivity contribution is 0.250. The molecule has 1 aliphatic heterocycles. The molecule has 0 radical (unpaired) electrons. The van der Waals surface area contributed by atoms with Crippen LogP contribution in [0.5, 0.6) is 0 Å². The van der Waals surface area contributed by atoms with Crippen molar-refractivity contribution in [3.05, 3.63) is 35.9 Å². The van der Waals surface area contributed by atoms with Crippen LogP contribution in [0.4, 0.5) is 0 Å². The van der Waals surface area contributed by atoms with Crippen molar-refractivity contribution in [1.29, 1.82) is 0 Å². The van der Waals surface area contributed by atoms with E-state index in [9.17, 15) is 0 Å². The van der Waals surface area contributed by atoms with Crippen molar-refractivity contribution in [2.24, 2.45) is 0 Å². The number of nitrogens with zero attached hydrogens (tertiary/aromatic N) is 1. The fourth-order valence-corrected chi connectivity index (χ4v) is 2.35. The molecule has 0 N–H and O–H groups in total. The third kappa shape index (κ3) is 3.64. The van der Waals surface area contributed by atoms with Gasteiger partial charge in [-0.2, -0.15) is 0 Å². The molecule has 1 aromatic carbocycles. The Morgan fingerprint density at radius 2 is 1.69 bits per heavy atom. The molecule has 0 saturated carbocycles. The van der Waals surface area contributed by atoms with Crippen LogP contribution in [0.15, 0.2) is 30.3 Å². The fourth-order valence-electron chi connectivity index (χ4n) is 2.35. The Labute approximate surface area is 100 Å². The zero-order chi connectivity index (χ0) is 11.8. The number of hydrogen-bond donors (Lipinski definition) is 0. The van der Waals surface area contributed by atoms with Crippen molar-refractivity contribution in [2.75, 3.05) is 13.6 Å². The predicted octanol–water partition coefficient (Wildman–Crippen LogP) is 4.26. The summed E-state index contributed by atoms with van der Waals surface area (Å²) in [5, 5.41) is 0. The smallest absolute Gasteiger partial charge is 0.0345 e. The Bertz CT molecular complexity index is 268. The first kappa shape index (κ1) is 13.2. The highest BCUT2D eigenvalue weighted by Gasteiger charge is 2.18. The Hall–Kier alpha value is -0.820. The molecule has 0 spiro atoms. The van der Waals surface area contributed by atoms with Gasteiger partial charge in [0, 0.05) is 6.04 Å². The summed E-state index contributed by atoms with van der Waals surface area (Å²) in [7, 11) is 2.25. The molecule has 1 atom stereocenters. The maximum atomic E-state index is 2.50. The van der Waals surface area contributed by atoms with Gasteiger partial charge in [0.2, 0.25) is 0 Å². The molecule has 0 bridgehead atoms. The van der Waals surface area contributed by atoms with Gasteiger partial charge in [-0.3, -0.25) is 4.90 Å². The SMILES string of the molecule is CC.CN1CCCCCC1c1ccccc1. The lowest BCUT2D eigenvalue weighted by Crippen LogP contribution is -2.23. The molecular formula is C15H25N. The van der Waals surface area contributed by atoms with Gasteiger partial charge in [-0.15, -0.1) is 0 Å². The molecule has 1 heterocycles. The van der Waals surface area contributed by atoms with E-state index >= 15 is 0 Å². The lowest BCUT2D eigenvalue weighted by Gasteiger charge is -2.25. The molecule has 1 aromatic rings. The van der Waals surface area contributed by atoms with Crippen LogP contribution in [0.25, 0.3) is 0 Å².